The SMILES string of the molecule is N=c1cc2c(nn1CCCCCCCC(=O)Nc1ccc3c(c1)nc(-c1ccccc1)c1cc(N)ccc13)-c1ccccc1CC2. The van der Waals surface area contributed by atoms with Crippen molar-refractivity contribution in [3.05, 3.63) is 114 Å². The van der Waals surface area contributed by atoms with Crippen LogP contribution in [0.2, 0.25) is 0 Å². The van der Waals surface area contributed by atoms with Crippen molar-refractivity contribution in [1.82, 2.24) is 14.8 Å². The highest BCUT2D eigenvalue weighted by Gasteiger charge is 2.18. The maximum absolute atomic E-state index is 12.8. The van der Waals surface area contributed by atoms with Gasteiger partial charge in [-0.15, -0.1) is 0 Å². The van der Waals surface area contributed by atoms with Crippen molar-refractivity contribution in [2.24, 2.45) is 0 Å². The number of fused-ring (bicyclic) bond motifs is 6. The van der Waals surface area contributed by atoms with Gasteiger partial charge in [0.1, 0.15) is 5.49 Å². The lowest BCUT2D eigenvalue weighted by molar-refractivity contribution is -0.116. The number of rotatable bonds is 10. The van der Waals surface area contributed by atoms with E-state index in [-0.39, 0.29) is 5.91 Å². The number of hydrogen-bond donors (Lipinski definition) is 3. The minimum absolute atomic E-state index is 0.0177. The number of aryl methyl sites for hydroxylation is 3. The van der Waals surface area contributed by atoms with E-state index in [4.69, 9.17) is 21.2 Å². The fourth-order valence-electron chi connectivity index (χ4n) is 6.59. The first kappa shape index (κ1) is 29.4. The highest BCUT2D eigenvalue weighted by atomic mass is 16.1. The van der Waals surface area contributed by atoms with E-state index < -0.39 is 0 Å². The Bertz CT molecular complexity index is 2120. The number of aromatic nitrogens is 3. The van der Waals surface area contributed by atoms with E-state index in [0.29, 0.717) is 17.6 Å². The average Bonchev–Trinajstić information content (AvgIpc) is 3.07. The number of carbonyl (C=O) groups is 1. The van der Waals surface area contributed by atoms with Crippen molar-refractivity contribution >= 4 is 39.0 Å². The number of carbonyl (C=O) groups excluding carboxylic acids is 1. The Morgan fingerprint density at radius 3 is 2.41 bits per heavy atom. The lowest BCUT2D eigenvalue weighted by atomic mass is 9.89. The van der Waals surface area contributed by atoms with Crippen LogP contribution < -0.4 is 16.5 Å². The summed E-state index contributed by atoms with van der Waals surface area (Å²) in [6.45, 7) is 0.736. The summed E-state index contributed by atoms with van der Waals surface area (Å²) >= 11 is 0. The van der Waals surface area contributed by atoms with Crippen molar-refractivity contribution < 1.29 is 4.79 Å². The number of unbranched alkanes of at least 4 members (excludes halogenated alkanes) is 4. The van der Waals surface area contributed by atoms with Gasteiger partial charge in [-0.25, -0.2) is 9.67 Å². The Hall–Kier alpha value is -5.30. The second-order valence-electron chi connectivity index (χ2n) is 12.2. The molecule has 0 spiro atoms. The fraction of sp³-hybridized carbons (Fsp3) is 0.231. The van der Waals surface area contributed by atoms with Gasteiger partial charge in [0.15, 0.2) is 0 Å². The third-order valence-electron chi connectivity index (χ3n) is 8.97. The maximum atomic E-state index is 12.8. The number of benzene rings is 4. The monoisotopic (exact) mass is 606 g/mol. The molecule has 0 saturated heterocycles. The quantitative estimate of drug-likeness (QED) is 0.0832. The number of nitrogen functional groups attached to an aromatic ring is 1. The Balaban J connectivity index is 0.924. The van der Waals surface area contributed by atoms with Crippen LogP contribution >= 0.6 is 0 Å². The van der Waals surface area contributed by atoms with E-state index in [1.165, 1.54) is 16.7 Å². The first-order valence-corrected chi connectivity index (χ1v) is 16.3. The summed E-state index contributed by atoms with van der Waals surface area (Å²) in [7, 11) is 0. The Labute approximate surface area is 268 Å². The highest BCUT2D eigenvalue weighted by Crippen LogP contribution is 2.35. The molecule has 2 aromatic heterocycles. The molecule has 4 N–H and O–H groups in total. The Morgan fingerprint density at radius 1 is 0.761 bits per heavy atom. The molecule has 6 aromatic rings. The summed E-state index contributed by atoms with van der Waals surface area (Å²) in [5.74, 6) is 0.0177. The zero-order valence-corrected chi connectivity index (χ0v) is 25.9. The third-order valence-corrected chi connectivity index (χ3v) is 8.97. The molecule has 0 bridgehead atoms. The van der Waals surface area contributed by atoms with Crippen molar-refractivity contribution in [3.8, 4) is 22.5 Å². The van der Waals surface area contributed by atoms with Crippen LogP contribution in [0.15, 0.2) is 97.1 Å². The van der Waals surface area contributed by atoms with Gasteiger partial charge >= 0.3 is 0 Å². The zero-order chi connectivity index (χ0) is 31.5. The minimum Gasteiger partial charge on any atom is -0.399 e. The van der Waals surface area contributed by atoms with E-state index in [2.05, 4.69) is 41.7 Å². The lowest BCUT2D eigenvalue weighted by Crippen LogP contribution is -2.25. The van der Waals surface area contributed by atoms with Crippen LogP contribution in [0.1, 0.15) is 49.7 Å². The lowest BCUT2D eigenvalue weighted by Gasteiger charge is -2.20. The van der Waals surface area contributed by atoms with Gasteiger partial charge in [-0.2, -0.15) is 5.10 Å². The topological polar surface area (TPSA) is 110 Å². The highest BCUT2D eigenvalue weighted by molar-refractivity contribution is 6.12. The molecule has 4 aromatic carbocycles. The molecule has 1 aliphatic rings. The van der Waals surface area contributed by atoms with Gasteiger partial charge in [0.05, 0.1) is 16.9 Å². The molecule has 0 radical (unpaired) electrons. The fourth-order valence-corrected chi connectivity index (χ4v) is 6.59. The van der Waals surface area contributed by atoms with E-state index in [1.807, 2.05) is 65.3 Å². The third kappa shape index (κ3) is 6.13. The summed E-state index contributed by atoms with van der Waals surface area (Å²) in [6, 6.07) is 32.5. The molecule has 0 aliphatic heterocycles. The van der Waals surface area contributed by atoms with E-state index in [1.54, 1.807) is 0 Å². The standard InChI is InChI=1S/C39H38N6O/c40-29-18-20-32-33-21-19-30(25-35(33)43-38(34(32)24-29)27-12-5-4-6-13-27)42-37(46)15-7-2-1-3-10-22-45-36(41)23-28-17-16-26-11-8-9-14-31(26)39(28)44-45/h4-6,8-9,11-14,18-21,23-25,41H,1-3,7,10,15-17,22,40H2,(H,42,46). The van der Waals surface area contributed by atoms with Crippen LogP contribution in [0.25, 0.3) is 44.2 Å². The smallest absolute Gasteiger partial charge is 0.224 e. The van der Waals surface area contributed by atoms with E-state index in [0.717, 1.165) is 95.8 Å². The van der Waals surface area contributed by atoms with Crippen LogP contribution in [0.5, 0.6) is 0 Å². The molecule has 0 atom stereocenters. The number of hydrogen-bond acceptors (Lipinski definition) is 5. The average molecular weight is 607 g/mol. The molecular formula is C39H38N6O. The molecule has 0 fully saturated rings. The van der Waals surface area contributed by atoms with Crippen LogP contribution in [0, 0.1) is 5.41 Å². The van der Waals surface area contributed by atoms with Crippen molar-refractivity contribution in [2.45, 2.75) is 57.9 Å². The number of nitrogens with one attached hydrogen (secondary N) is 2. The predicted molar refractivity (Wildman–Crippen MR) is 186 cm³/mol. The number of amides is 1. The van der Waals surface area contributed by atoms with Crippen LogP contribution in [0.3, 0.4) is 0 Å². The molecule has 7 rings (SSSR count). The zero-order valence-electron chi connectivity index (χ0n) is 25.9. The minimum atomic E-state index is 0.0177. The van der Waals surface area contributed by atoms with Gasteiger partial charge in [-0.05, 0) is 72.5 Å². The molecule has 0 unspecified atom stereocenters. The molecule has 0 saturated carbocycles. The van der Waals surface area contributed by atoms with Gasteiger partial charge in [-0.1, -0.05) is 86.0 Å². The van der Waals surface area contributed by atoms with Gasteiger partial charge < -0.3 is 11.1 Å². The molecule has 230 valence electrons. The molecule has 1 aliphatic carbocycles. The normalized spacial score (nSPS) is 12.2. The first-order chi connectivity index (χ1) is 22.5. The number of pyridine rings is 1. The molecule has 2 heterocycles. The number of anilines is 2. The van der Waals surface area contributed by atoms with Gasteiger partial charge in [0, 0.05) is 46.2 Å². The van der Waals surface area contributed by atoms with Gasteiger partial charge in [-0.3, -0.25) is 10.2 Å². The molecular weight excluding hydrogens is 568 g/mol. The van der Waals surface area contributed by atoms with E-state index >= 15 is 0 Å². The maximum Gasteiger partial charge on any atom is 0.224 e. The summed E-state index contributed by atoms with van der Waals surface area (Å²) in [5, 5.41) is 19.5. The van der Waals surface area contributed by atoms with Gasteiger partial charge in [0.25, 0.3) is 0 Å². The molecule has 7 nitrogen and oxygen atoms in total. The summed E-state index contributed by atoms with van der Waals surface area (Å²) < 4.78 is 1.84. The Kier molecular flexibility index (Phi) is 8.30. The second kappa shape index (κ2) is 13.0. The number of nitrogens with two attached hydrogens (primary N) is 1. The largest absolute Gasteiger partial charge is 0.399 e. The van der Waals surface area contributed by atoms with Crippen molar-refractivity contribution in [1.29, 1.82) is 5.41 Å². The molecule has 1 amide bonds. The first-order valence-electron chi connectivity index (χ1n) is 16.3. The summed E-state index contributed by atoms with van der Waals surface area (Å²) in [4.78, 5) is 17.8. The molecule has 7 heteroatoms. The van der Waals surface area contributed by atoms with Crippen molar-refractivity contribution in [2.75, 3.05) is 11.1 Å². The van der Waals surface area contributed by atoms with Crippen LogP contribution in [-0.2, 0) is 24.2 Å². The summed E-state index contributed by atoms with van der Waals surface area (Å²) in [5.41, 5.74) is 15.6. The van der Waals surface area contributed by atoms with Gasteiger partial charge in [0.2, 0.25) is 5.91 Å². The summed E-state index contributed by atoms with van der Waals surface area (Å²) in [6.07, 6.45) is 7.33. The second-order valence-corrected chi connectivity index (χ2v) is 12.2. The van der Waals surface area contributed by atoms with E-state index in [9.17, 15) is 4.79 Å². The predicted octanol–water partition coefficient (Wildman–Crippen LogP) is 8.06. The van der Waals surface area contributed by atoms with Crippen LogP contribution in [0.4, 0.5) is 11.4 Å². The number of nitrogens with zero attached hydrogens (tertiary/aromatic N) is 3. The Morgan fingerprint density at radius 2 is 1.52 bits per heavy atom. The molecule has 46 heavy (non-hydrogen) atoms. The van der Waals surface area contributed by atoms with Crippen molar-refractivity contribution in [3.63, 3.8) is 0 Å². The van der Waals surface area contributed by atoms with Crippen LogP contribution in [-0.4, -0.2) is 20.7 Å².